The van der Waals surface area contributed by atoms with E-state index in [-0.39, 0.29) is 5.82 Å². The quantitative estimate of drug-likeness (QED) is 0.543. The Kier molecular flexibility index (Phi) is 7.06. The zero-order valence-electron chi connectivity index (χ0n) is 14.2. The first-order valence-electron chi connectivity index (χ1n) is 7.72. The minimum Gasteiger partial charge on any atom is -0.493 e. The van der Waals surface area contributed by atoms with E-state index in [9.17, 15) is 4.39 Å². The molecule has 0 radical (unpaired) electrons. The van der Waals surface area contributed by atoms with E-state index in [0.717, 1.165) is 10.0 Å². The third-order valence-electron chi connectivity index (χ3n) is 3.59. The number of nitrogens with zero attached hydrogens (tertiary/aromatic N) is 1. The second-order valence-electron chi connectivity index (χ2n) is 5.30. The molecule has 0 saturated carbocycles. The van der Waals surface area contributed by atoms with Gasteiger partial charge in [0.1, 0.15) is 5.82 Å². The van der Waals surface area contributed by atoms with Crippen LogP contribution in [0.2, 0.25) is 0 Å². The van der Waals surface area contributed by atoms with Crippen LogP contribution in [0.3, 0.4) is 0 Å². The number of methoxy groups -OCH3 is 2. The molecule has 0 unspecified atom stereocenters. The zero-order chi connectivity index (χ0) is 18.2. The van der Waals surface area contributed by atoms with Gasteiger partial charge in [0.25, 0.3) is 0 Å². The lowest BCUT2D eigenvalue weighted by molar-refractivity contribution is 0.354. The standard InChI is InChI=1S/C18H21BrFN3O2/c1-24-16-6-3-12(9-17(16)25-2)11-23-18(21)22-8-7-13-10-14(19)4-5-15(13)20/h3-6,9-10H,7-8,11H2,1-2H3,(H3,21,22,23). The molecule has 0 aliphatic rings. The number of guanidine groups is 1. The fraction of sp³-hybridized carbons (Fsp3) is 0.278. The van der Waals surface area contributed by atoms with E-state index in [0.29, 0.717) is 42.5 Å². The second kappa shape index (κ2) is 9.27. The average Bonchev–Trinajstić information content (AvgIpc) is 2.62. The van der Waals surface area contributed by atoms with Crippen molar-refractivity contribution in [1.82, 2.24) is 5.32 Å². The Hall–Kier alpha value is -2.28. The molecule has 0 aromatic heterocycles. The molecule has 134 valence electrons. The van der Waals surface area contributed by atoms with Crippen molar-refractivity contribution >= 4 is 21.9 Å². The van der Waals surface area contributed by atoms with Crippen molar-refractivity contribution in [1.29, 1.82) is 0 Å². The van der Waals surface area contributed by atoms with E-state index in [1.165, 1.54) is 6.07 Å². The van der Waals surface area contributed by atoms with Crippen molar-refractivity contribution in [2.75, 3.05) is 20.8 Å². The minimum absolute atomic E-state index is 0.231. The van der Waals surface area contributed by atoms with Crippen LogP contribution in [0.1, 0.15) is 11.1 Å². The Bertz CT molecular complexity index is 753. The van der Waals surface area contributed by atoms with Crippen LogP contribution < -0.4 is 20.5 Å². The molecule has 3 N–H and O–H groups in total. The Balaban J connectivity index is 1.88. The molecule has 2 aromatic carbocycles. The van der Waals surface area contributed by atoms with E-state index < -0.39 is 0 Å². The van der Waals surface area contributed by atoms with Crippen molar-refractivity contribution in [3.63, 3.8) is 0 Å². The van der Waals surface area contributed by atoms with Crippen LogP contribution in [0.5, 0.6) is 11.5 Å². The molecule has 7 heteroatoms. The summed E-state index contributed by atoms with van der Waals surface area (Å²) in [6.07, 6.45) is 0.512. The van der Waals surface area contributed by atoms with Gasteiger partial charge in [0, 0.05) is 11.0 Å². The van der Waals surface area contributed by atoms with Crippen molar-refractivity contribution in [2.45, 2.75) is 13.0 Å². The van der Waals surface area contributed by atoms with Gasteiger partial charge in [0.2, 0.25) is 0 Å². The summed E-state index contributed by atoms with van der Waals surface area (Å²) in [5.74, 6) is 1.39. The highest BCUT2D eigenvalue weighted by atomic mass is 79.9. The highest BCUT2D eigenvalue weighted by molar-refractivity contribution is 9.10. The molecule has 0 bridgehead atoms. The van der Waals surface area contributed by atoms with Gasteiger partial charge in [-0.15, -0.1) is 0 Å². The lowest BCUT2D eigenvalue weighted by atomic mass is 10.1. The molecular formula is C18H21BrFN3O2. The molecule has 0 spiro atoms. The second-order valence-corrected chi connectivity index (χ2v) is 6.22. The Morgan fingerprint density at radius 3 is 2.64 bits per heavy atom. The van der Waals surface area contributed by atoms with Crippen LogP contribution in [0.25, 0.3) is 0 Å². The molecule has 0 fully saturated rings. The molecule has 0 aliphatic heterocycles. The fourth-order valence-corrected chi connectivity index (χ4v) is 2.68. The number of benzene rings is 2. The topological polar surface area (TPSA) is 68.9 Å². The van der Waals surface area contributed by atoms with Gasteiger partial charge < -0.3 is 20.5 Å². The summed E-state index contributed by atoms with van der Waals surface area (Å²) in [5.41, 5.74) is 7.43. The molecule has 5 nitrogen and oxygen atoms in total. The van der Waals surface area contributed by atoms with Crippen molar-refractivity contribution < 1.29 is 13.9 Å². The first kappa shape index (κ1) is 19.1. The molecule has 0 amide bonds. The lowest BCUT2D eigenvalue weighted by Gasteiger charge is -2.09. The van der Waals surface area contributed by atoms with Crippen LogP contribution >= 0.6 is 15.9 Å². The summed E-state index contributed by atoms with van der Waals surface area (Å²) >= 11 is 3.34. The van der Waals surface area contributed by atoms with Gasteiger partial charge in [-0.25, -0.2) is 9.38 Å². The lowest BCUT2D eigenvalue weighted by Crippen LogP contribution is -2.33. The number of hydrogen-bond acceptors (Lipinski definition) is 3. The van der Waals surface area contributed by atoms with E-state index in [2.05, 4.69) is 26.2 Å². The number of hydrogen-bond donors (Lipinski definition) is 2. The smallest absolute Gasteiger partial charge is 0.188 e. The minimum atomic E-state index is -0.231. The maximum atomic E-state index is 13.7. The number of ether oxygens (including phenoxy) is 2. The normalized spacial score (nSPS) is 11.3. The predicted molar refractivity (Wildman–Crippen MR) is 101 cm³/mol. The maximum absolute atomic E-state index is 13.7. The van der Waals surface area contributed by atoms with E-state index in [1.54, 1.807) is 26.4 Å². The first-order valence-corrected chi connectivity index (χ1v) is 8.51. The molecule has 0 atom stereocenters. The number of halogens is 2. The Labute approximate surface area is 155 Å². The number of aliphatic imine (C=N–C) groups is 1. The van der Waals surface area contributed by atoms with Gasteiger partial charge in [-0.3, -0.25) is 0 Å². The summed E-state index contributed by atoms with van der Waals surface area (Å²) in [6.45, 7) is 0.902. The van der Waals surface area contributed by atoms with Crippen LogP contribution in [0.4, 0.5) is 4.39 Å². The number of nitrogens with two attached hydrogens (primary N) is 1. The highest BCUT2D eigenvalue weighted by Crippen LogP contribution is 2.27. The third kappa shape index (κ3) is 5.63. The van der Waals surface area contributed by atoms with Crippen LogP contribution in [-0.2, 0) is 13.0 Å². The fourth-order valence-electron chi connectivity index (χ4n) is 2.27. The maximum Gasteiger partial charge on any atom is 0.188 e. The van der Waals surface area contributed by atoms with Gasteiger partial charge in [-0.05, 0) is 47.9 Å². The van der Waals surface area contributed by atoms with Crippen LogP contribution in [0, 0.1) is 5.82 Å². The van der Waals surface area contributed by atoms with E-state index in [4.69, 9.17) is 15.2 Å². The summed E-state index contributed by atoms with van der Waals surface area (Å²) in [5, 5.41) is 2.99. The average molecular weight is 410 g/mol. The van der Waals surface area contributed by atoms with Crippen molar-refractivity contribution in [3.05, 3.63) is 57.8 Å². The highest BCUT2D eigenvalue weighted by Gasteiger charge is 2.05. The number of rotatable bonds is 7. The zero-order valence-corrected chi connectivity index (χ0v) is 15.8. The van der Waals surface area contributed by atoms with Gasteiger partial charge in [-0.2, -0.15) is 0 Å². The Morgan fingerprint density at radius 2 is 1.92 bits per heavy atom. The monoisotopic (exact) mass is 409 g/mol. The van der Waals surface area contributed by atoms with Crippen LogP contribution in [0.15, 0.2) is 45.9 Å². The number of nitrogens with one attached hydrogen (secondary N) is 1. The van der Waals surface area contributed by atoms with Crippen molar-refractivity contribution in [3.8, 4) is 11.5 Å². The molecule has 2 aromatic rings. The van der Waals surface area contributed by atoms with Gasteiger partial charge in [-0.1, -0.05) is 22.0 Å². The summed E-state index contributed by atoms with van der Waals surface area (Å²) in [7, 11) is 3.17. The molecular weight excluding hydrogens is 389 g/mol. The third-order valence-corrected chi connectivity index (χ3v) is 4.08. The molecule has 2 rings (SSSR count). The first-order chi connectivity index (χ1) is 12.0. The summed E-state index contributed by atoms with van der Waals surface area (Å²) in [6, 6.07) is 10.4. The van der Waals surface area contributed by atoms with E-state index >= 15 is 0 Å². The van der Waals surface area contributed by atoms with Crippen molar-refractivity contribution in [2.24, 2.45) is 10.7 Å². The van der Waals surface area contributed by atoms with E-state index in [1.807, 2.05) is 18.2 Å². The van der Waals surface area contributed by atoms with Gasteiger partial charge in [0.05, 0.1) is 20.8 Å². The molecule has 0 aliphatic carbocycles. The summed E-state index contributed by atoms with van der Waals surface area (Å²) in [4.78, 5) is 4.28. The summed E-state index contributed by atoms with van der Waals surface area (Å²) < 4.78 is 25.0. The van der Waals surface area contributed by atoms with Gasteiger partial charge >= 0.3 is 0 Å². The van der Waals surface area contributed by atoms with Crippen LogP contribution in [-0.4, -0.2) is 26.7 Å². The molecule has 0 heterocycles. The molecule has 25 heavy (non-hydrogen) atoms. The van der Waals surface area contributed by atoms with Gasteiger partial charge in [0.15, 0.2) is 17.5 Å². The molecule has 0 saturated heterocycles. The largest absolute Gasteiger partial charge is 0.493 e. The predicted octanol–water partition coefficient (Wildman–Crippen LogP) is 3.25. The SMILES string of the molecule is COc1ccc(CN=C(N)NCCc2cc(Br)ccc2F)cc1OC. The Morgan fingerprint density at radius 1 is 1.16 bits per heavy atom.